The summed E-state index contributed by atoms with van der Waals surface area (Å²) in [5.74, 6) is -0.937. The van der Waals surface area contributed by atoms with Crippen molar-refractivity contribution in [2.75, 3.05) is 47.5 Å². The summed E-state index contributed by atoms with van der Waals surface area (Å²) in [6, 6.07) is 0. The van der Waals surface area contributed by atoms with Crippen molar-refractivity contribution in [3.05, 3.63) is 97.2 Å². The lowest BCUT2D eigenvalue weighted by atomic mass is 10.1. The Bertz CT molecular complexity index is 1370. The molecule has 0 saturated heterocycles. The summed E-state index contributed by atoms with van der Waals surface area (Å²) in [5, 5.41) is 9.91. The van der Waals surface area contributed by atoms with Crippen molar-refractivity contribution in [3.8, 4) is 0 Å². The number of aliphatic hydroxyl groups excluding tert-OH is 1. The molecule has 10 nitrogen and oxygen atoms in total. The molecule has 11 heteroatoms. The van der Waals surface area contributed by atoms with Gasteiger partial charge < -0.3 is 24.0 Å². The first-order valence-electron chi connectivity index (χ1n) is 23.1. The van der Waals surface area contributed by atoms with E-state index in [9.17, 15) is 24.2 Å². The number of quaternary nitrogens is 1. The van der Waals surface area contributed by atoms with Crippen molar-refractivity contribution >= 4 is 19.8 Å². The number of phosphoric ester groups is 1. The number of hydrogen-bond donors (Lipinski definition) is 2. The van der Waals surface area contributed by atoms with Crippen LogP contribution >= 0.6 is 7.82 Å². The molecule has 0 aromatic carbocycles. The van der Waals surface area contributed by atoms with E-state index in [1.807, 2.05) is 57.6 Å². The highest BCUT2D eigenvalue weighted by Crippen LogP contribution is 2.43. The van der Waals surface area contributed by atoms with Crippen molar-refractivity contribution < 1.29 is 47.2 Å². The van der Waals surface area contributed by atoms with Crippen LogP contribution in [0.25, 0.3) is 0 Å². The van der Waals surface area contributed by atoms with Gasteiger partial charge in [-0.2, -0.15) is 0 Å². The van der Waals surface area contributed by atoms with Crippen molar-refractivity contribution in [2.24, 2.45) is 0 Å². The lowest BCUT2D eigenvalue weighted by molar-refractivity contribution is -0.870. The van der Waals surface area contributed by atoms with Gasteiger partial charge in [-0.1, -0.05) is 150 Å². The van der Waals surface area contributed by atoms with E-state index >= 15 is 0 Å². The summed E-state index contributed by atoms with van der Waals surface area (Å²) in [6.45, 7) is 4.13. The van der Waals surface area contributed by atoms with Crippen molar-refractivity contribution in [3.63, 3.8) is 0 Å². The number of likely N-dealkylation sites (N-methyl/N-ethyl adjacent to an activating group) is 1. The van der Waals surface area contributed by atoms with Gasteiger partial charge in [-0.25, -0.2) is 4.57 Å². The Balaban J connectivity index is 4.55. The van der Waals surface area contributed by atoms with Gasteiger partial charge in [0.05, 0.1) is 33.9 Å². The van der Waals surface area contributed by atoms with Crippen molar-refractivity contribution in [1.29, 1.82) is 0 Å². The highest BCUT2D eigenvalue weighted by atomic mass is 31.2. The highest BCUT2D eigenvalue weighted by molar-refractivity contribution is 7.47. The Morgan fingerprint density at radius 2 is 1.10 bits per heavy atom. The molecule has 0 bridgehead atoms. The summed E-state index contributed by atoms with van der Waals surface area (Å²) >= 11 is 0. The lowest BCUT2D eigenvalue weighted by Gasteiger charge is -2.24. The van der Waals surface area contributed by atoms with Gasteiger partial charge in [0.1, 0.15) is 19.8 Å². The number of nitrogens with zero attached hydrogens (tertiary/aromatic N) is 1. The molecule has 0 saturated carbocycles. The molecule has 2 N–H and O–H groups in total. The predicted octanol–water partition coefficient (Wildman–Crippen LogP) is 12.3. The zero-order valence-electron chi connectivity index (χ0n) is 38.7. The number of allylic oxidation sites excluding steroid dienone is 15. The molecule has 0 aromatic rings. The van der Waals surface area contributed by atoms with Crippen LogP contribution < -0.4 is 0 Å². The van der Waals surface area contributed by atoms with E-state index < -0.39 is 32.5 Å². The lowest BCUT2D eigenvalue weighted by Crippen LogP contribution is -2.37. The van der Waals surface area contributed by atoms with Crippen LogP contribution in [0, 0.1) is 0 Å². The molecule has 0 heterocycles. The van der Waals surface area contributed by atoms with E-state index in [1.165, 1.54) is 25.7 Å². The second-order valence-electron chi connectivity index (χ2n) is 16.3. The molecule has 0 rings (SSSR count). The first-order chi connectivity index (χ1) is 29.4. The van der Waals surface area contributed by atoms with E-state index in [0.29, 0.717) is 30.3 Å². The fourth-order valence-electron chi connectivity index (χ4n) is 5.51. The third-order valence-corrected chi connectivity index (χ3v) is 10.2. The van der Waals surface area contributed by atoms with Crippen LogP contribution in [0.2, 0.25) is 0 Å². The molecule has 0 amide bonds. The van der Waals surface area contributed by atoms with E-state index in [4.69, 9.17) is 18.5 Å². The smallest absolute Gasteiger partial charge is 0.462 e. The summed E-state index contributed by atoms with van der Waals surface area (Å²) in [4.78, 5) is 35.4. The molecule has 0 radical (unpaired) electrons. The first kappa shape index (κ1) is 57.9. The molecular weight excluding hydrogens is 790 g/mol. The van der Waals surface area contributed by atoms with Crippen LogP contribution in [0.1, 0.15) is 149 Å². The number of rotatable bonds is 40. The number of hydrogen-bond acceptors (Lipinski definition) is 8. The van der Waals surface area contributed by atoms with E-state index in [-0.39, 0.29) is 32.2 Å². The Morgan fingerprint density at radius 3 is 1.67 bits per heavy atom. The Hall–Kier alpha value is -3.11. The molecule has 3 atom stereocenters. The Labute approximate surface area is 371 Å². The molecule has 0 spiro atoms. The molecular formula is C50H85NO9P+. The van der Waals surface area contributed by atoms with Gasteiger partial charge >= 0.3 is 19.8 Å². The van der Waals surface area contributed by atoms with Gasteiger partial charge in [0.15, 0.2) is 6.10 Å². The third-order valence-electron chi connectivity index (χ3n) is 9.19. The van der Waals surface area contributed by atoms with Crippen LogP contribution in [0.5, 0.6) is 0 Å². The van der Waals surface area contributed by atoms with Crippen molar-refractivity contribution in [1.82, 2.24) is 0 Å². The zero-order valence-corrected chi connectivity index (χ0v) is 39.6. The molecule has 0 aliphatic rings. The molecule has 61 heavy (non-hydrogen) atoms. The standard InChI is InChI=1S/C50H84NO9P/c1-6-8-10-11-12-13-14-15-16-17-18-19-20-21-24-28-31-34-38-42-50(54)60-48(46-59-61(55,56)58-44-43-51(3,4)5)45-57-49(53)41-37-33-30-27-25-22-23-26-29-32-36-40-47(52)39-35-9-7-2/h12-13,15-16,18-19,21-24,27,29-30,32,36,40,47-48,52H,6-11,14,17,20,25-26,28,31,33-35,37-39,41-46H2,1-5H3/p+1/b13-12-,16-15-,19-18-,23-22-,24-21-,30-27-,32-29-,40-36+/t47-,48-/m1/s1. The molecule has 348 valence electrons. The van der Waals surface area contributed by atoms with Crippen molar-refractivity contribution in [2.45, 2.75) is 161 Å². The molecule has 0 aromatic heterocycles. The molecule has 0 aliphatic carbocycles. The van der Waals surface area contributed by atoms with Gasteiger partial charge in [0.25, 0.3) is 0 Å². The minimum atomic E-state index is -4.42. The second kappa shape index (κ2) is 40.9. The quantitative estimate of drug-likeness (QED) is 0.0154. The fraction of sp³-hybridized carbons (Fsp3) is 0.640. The van der Waals surface area contributed by atoms with E-state index in [2.05, 4.69) is 74.6 Å². The number of ether oxygens (including phenoxy) is 2. The molecule has 0 fully saturated rings. The molecule has 0 aliphatic heterocycles. The minimum absolute atomic E-state index is 0.00344. The number of esters is 2. The fourth-order valence-corrected chi connectivity index (χ4v) is 6.25. The molecule has 1 unspecified atom stereocenters. The number of phosphoric acid groups is 1. The van der Waals surface area contributed by atoms with Crippen LogP contribution in [-0.4, -0.2) is 86.1 Å². The van der Waals surface area contributed by atoms with Crippen LogP contribution in [0.4, 0.5) is 0 Å². The second-order valence-corrected chi connectivity index (χ2v) is 17.7. The third kappa shape index (κ3) is 44.7. The average molecular weight is 875 g/mol. The van der Waals surface area contributed by atoms with Gasteiger partial charge in [0, 0.05) is 12.8 Å². The number of carbonyl (C=O) groups excluding carboxylic acids is 2. The van der Waals surface area contributed by atoms with Gasteiger partial charge in [0.2, 0.25) is 0 Å². The maximum atomic E-state index is 12.7. The predicted molar refractivity (Wildman–Crippen MR) is 253 cm³/mol. The normalized spacial score (nSPS) is 14.9. The van der Waals surface area contributed by atoms with E-state index in [1.54, 1.807) is 0 Å². The van der Waals surface area contributed by atoms with Gasteiger partial charge in [-0.15, -0.1) is 0 Å². The highest BCUT2D eigenvalue weighted by Gasteiger charge is 2.27. The van der Waals surface area contributed by atoms with Crippen LogP contribution in [0.15, 0.2) is 97.2 Å². The summed E-state index contributed by atoms with van der Waals surface area (Å²) in [6.07, 6.45) is 50.7. The number of aliphatic hydroxyl groups is 1. The topological polar surface area (TPSA) is 129 Å². The maximum Gasteiger partial charge on any atom is 0.472 e. The number of unbranched alkanes of at least 4 members (excludes halogenated alkanes) is 9. The Morgan fingerprint density at radius 1 is 0.590 bits per heavy atom. The van der Waals surface area contributed by atoms with Crippen LogP contribution in [-0.2, 0) is 32.7 Å². The summed E-state index contributed by atoms with van der Waals surface area (Å²) < 4.78 is 34.2. The van der Waals surface area contributed by atoms with E-state index in [0.717, 1.165) is 77.0 Å². The van der Waals surface area contributed by atoms with Gasteiger partial charge in [-0.3, -0.25) is 18.6 Å². The Kier molecular flexibility index (Phi) is 38.8. The largest absolute Gasteiger partial charge is 0.472 e. The average Bonchev–Trinajstić information content (AvgIpc) is 3.21. The summed E-state index contributed by atoms with van der Waals surface area (Å²) in [7, 11) is 1.38. The summed E-state index contributed by atoms with van der Waals surface area (Å²) in [5.41, 5.74) is 0. The number of carbonyl (C=O) groups is 2. The zero-order chi connectivity index (χ0) is 45.1. The SMILES string of the molecule is CCCCC/C=C\C/C=C\C/C=C\C/C=C\CCCCCC(=O)O[C@H](COC(=O)CCC/C=C\C/C=C\C/C=C\C=C\[C@H](O)CCCCC)COP(=O)(O)OCC[N+](C)(C)C. The van der Waals surface area contributed by atoms with Gasteiger partial charge in [-0.05, 0) is 83.5 Å². The maximum absolute atomic E-state index is 12.7. The minimum Gasteiger partial charge on any atom is -0.462 e. The monoisotopic (exact) mass is 875 g/mol. The first-order valence-corrected chi connectivity index (χ1v) is 24.6. The van der Waals surface area contributed by atoms with Crippen LogP contribution in [0.3, 0.4) is 0 Å².